The second-order valence-electron chi connectivity index (χ2n) is 7.37. The summed E-state index contributed by atoms with van der Waals surface area (Å²) in [6.45, 7) is 3.05. The van der Waals surface area contributed by atoms with E-state index in [0.29, 0.717) is 17.2 Å². The molecule has 5 heteroatoms. The van der Waals surface area contributed by atoms with E-state index < -0.39 is 23.6 Å². The first-order chi connectivity index (χ1) is 13.4. The molecule has 1 fully saturated rings. The Morgan fingerprint density at radius 2 is 1.82 bits per heavy atom. The highest BCUT2D eigenvalue weighted by atomic mass is 19.1. The summed E-state index contributed by atoms with van der Waals surface area (Å²) in [5, 5.41) is 2.72. The Kier molecular flexibility index (Phi) is 4.75. The number of halogens is 2. The molecule has 1 saturated carbocycles. The number of furan rings is 1. The van der Waals surface area contributed by atoms with Crippen LogP contribution in [-0.4, -0.2) is 5.91 Å². The predicted molar refractivity (Wildman–Crippen MR) is 103 cm³/mol. The molecule has 1 aliphatic carbocycles. The molecule has 1 atom stereocenters. The van der Waals surface area contributed by atoms with Crippen LogP contribution in [0.5, 0.6) is 0 Å². The fourth-order valence-electron chi connectivity index (χ4n) is 3.24. The molecule has 1 N–H and O–H groups in total. The molecule has 3 nitrogen and oxygen atoms in total. The summed E-state index contributed by atoms with van der Waals surface area (Å²) in [7, 11) is 0. The number of rotatable bonds is 5. The van der Waals surface area contributed by atoms with E-state index >= 15 is 0 Å². The van der Waals surface area contributed by atoms with Crippen LogP contribution >= 0.6 is 0 Å². The summed E-state index contributed by atoms with van der Waals surface area (Å²) in [5.74, 6) is -0.286. The van der Waals surface area contributed by atoms with Crippen LogP contribution in [0.3, 0.4) is 0 Å². The van der Waals surface area contributed by atoms with Gasteiger partial charge >= 0.3 is 0 Å². The van der Waals surface area contributed by atoms with Crippen molar-refractivity contribution in [2.45, 2.75) is 38.6 Å². The zero-order chi connectivity index (χ0) is 19.8. The lowest BCUT2D eigenvalue weighted by atomic mass is 10.1. The van der Waals surface area contributed by atoms with E-state index in [2.05, 4.69) is 17.4 Å². The number of amides is 1. The summed E-state index contributed by atoms with van der Waals surface area (Å²) in [5.41, 5.74) is 2.54. The number of carbonyl (C=O) groups excluding carboxylic acids is 1. The molecule has 28 heavy (non-hydrogen) atoms. The first-order valence-electron chi connectivity index (χ1n) is 9.39. The molecule has 1 heterocycles. The van der Waals surface area contributed by atoms with Crippen LogP contribution in [-0.2, 0) is 0 Å². The molecular weight excluding hydrogens is 360 g/mol. The van der Waals surface area contributed by atoms with E-state index in [1.54, 1.807) is 19.1 Å². The van der Waals surface area contributed by atoms with Crippen LogP contribution in [0.2, 0.25) is 0 Å². The highest BCUT2D eigenvalue weighted by Crippen LogP contribution is 2.41. The molecule has 4 rings (SSSR count). The van der Waals surface area contributed by atoms with Gasteiger partial charge in [-0.3, -0.25) is 4.79 Å². The van der Waals surface area contributed by atoms with E-state index in [4.69, 9.17) is 4.42 Å². The Morgan fingerprint density at radius 1 is 1.11 bits per heavy atom. The molecule has 0 unspecified atom stereocenters. The summed E-state index contributed by atoms with van der Waals surface area (Å²) < 4.78 is 33.3. The lowest BCUT2D eigenvalue weighted by molar-refractivity contribution is 0.0912. The minimum Gasteiger partial charge on any atom is -0.451 e. The number of hydrogen-bond donors (Lipinski definition) is 1. The SMILES string of the molecule is Cc1c(F)cc([C@@H](C)NC(=O)c2ccc(-c3cccc(C4CC4)c3)o2)cc1F. The van der Waals surface area contributed by atoms with Crippen molar-refractivity contribution in [3.8, 4) is 11.3 Å². The zero-order valence-corrected chi connectivity index (χ0v) is 15.8. The Hall–Kier alpha value is -2.95. The largest absolute Gasteiger partial charge is 0.451 e. The van der Waals surface area contributed by atoms with E-state index in [0.717, 1.165) is 5.56 Å². The van der Waals surface area contributed by atoms with E-state index in [9.17, 15) is 13.6 Å². The van der Waals surface area contributed by atoms with Crippen molar-refractivity contribution >= 4 is 5.91 Å². The van der Waals surface area contributed by atoms with Gasteiger partial charge in [0.1, 0.15) is 17.4 Å². The molecule has 144 valence electrons. The minimum atomic E-state index is -0.632. The molecule has 1 amide bonds. The smallest absolute Gasteiger partial charge is 0.287 e. The molecule has 0 spiro atoms. The number of hydrogen-bond acceptors (Lipinski definition) is 2. The van der Waals surface area contributed by atoms with Crippen LogP contribution in [0.4, 0.5) is 8.78 Å². The monoisotopic (exact) mass is 381 g/mol. The van der Waals surface area contributed by atoms with Gasteiger partial charge < -0.3 is 9.73 Å². The standard InChI is InChI=1S/C23H21F2NO2/c1-13-19(24)11-18(12-20(13)25)14(2)26-23(27)22-9-8-21(28-22)17-5-3-4-16(10-17)15-6-7-15/h3-5,8-12,14-15H,6-7H2,1-2H3,(H,26,27)/t14-/m1/s1. The maximum atomic E-state index is 13.8. The Bertz CT molecular complexity index is 1010. The van der Waals surface area contributed by atoms with Gasteiger partial charge in [0.15, 0.2) is 5.76 Å². The van der Waals surface area contributed by atoms with Gasteiger partial charge in [-0.2, -0.15) is 0 Å². The van der Waals surface area contributed by atoms with Gasteiger partial charge in [0.05, 0.1) is 6.04 Å². The number of nitrogens with one attached hydrogen (secondary N) is 1. The Balaban J connectivity index is 1.49. The number of carbonyl (C=O) groups is 1. The first-order valence-corrected chi connectivity index (χ1v) is 9.39. The van der Waals surface area contributed by atoms with Crippen LogP contribution < -0.4 is 5.32 Å². The third kappa shape index (κ3) is 3.70. The van der Waals surface area contributed by atoms with Crippen molar-refractivity contribution in [3.05, 3.63) is 82.6 Å². The van der Waals surface area contributed by atoms with Crippen molar-refractivity contribution in [1.82, 2.24) is 5.32 Å². The van der Waals surface area contributed by atoms with Gasteiger partial charge in [0, 0.05) is 11.1 Å². The van der Waals surface area contributed by atoms with Gasteiger partial charge in [-0.1, -0.05) is 18.2 Å². The molecule has 3 aromatic rings. The summed E-state index contributed by atoms with van der Waals surface area (Å²) in [6, 6.07) is 13.4. The molecule has 0 saturated heterocycles. The van der Waals surface area contributed by atoms with Crippen LogP contribution in [0.15, 0.2) is 52.9 Å². The molecule has 0 aliphatic heterocycles. The van der Waals surface area contributed by atoms with Gasteiger partial charge in [-0.15, -0.1) is 0 Å². The molecule has 1 aromatic heterocycles. The highest BCUT2D eigenvalue weighted by molar-refractivity contribution is 5.92. The molecule has 0 bridgehead atoms. The molecule has 2 aromatic carbocycles. The van der Waals surface area contributed by atoms with Gasteiger partial charge in [0.2, 0.25) is 0 Å². The van der Waals surface area contributed by atoms with Crippen LogP contribution in [0.25, 0.3) is 11.3 Å². The van der Waals surface area contributed by atoms with Crippen molar-refractivity contribution in [2.75, 3.05) is 0 Å². The summed E-state index contributed by atoms with van der Waals surface area (Å²) in [4.78, 5) is 12.5. The average Bonchev–Trinajstić information content (AvgIpc) is 3.42. The Labute approximate surface area is 162 Å². The maximum Gasteiger partial charge on any atom is 0.287 e. The zero-order valence-electron chi connectivity index (χ0n) is 15.8. The fourth-order valence-corrected chi connectivity index (χ4v) is 3.24. The van der Waals surface area contributed by atoms with E-state index in [1.165, 1.54) is 37.5 Å². The second kappa shape index (κ2) is 7.23. The number of benzene rings is 2. The van der Waals surface area contributed by atoms with E-state index in [1.807, 2.05) is 12.1 Å². The lowest BCUT2D eigenvalue weighted by Gasteiger charge is -2.14. The van der Waals surface area contributed by atoms with Crippen molar-refractivity contribution in [3.63, 3.8) is 0 Å². The average molecular weight is 381 g/mol. The maximum absolute atomic E-state index is 13.8. The van der Waals surface area contributed by atoms with Crippen LogP contribution in [0, 0.1) is 18.6 Å². The highest BCUT2D eigenvalue weighted by Gasteiger charge is 2.24. The lowest BCUT2D eigenvalue weighted by Crippen LogP contribution is -2.26. The molecule has 0 radical (unpaired) electrons. The summed E-state index contributed by atoms with van der Waals surface area (Å²) >= 11 is 0. The predicted octanol–water partition coefficient (Wildman–Crippen LogP) is 5.90. The van der Waals surface area contributed by atoms with Gasteiger partial charge in [-0.25, -0.2) is 8.78 Å². The summed E-state index contributed by atoms with van der Waals surface area (Å²) in [6.07, 6.45) is 2.43. The van der Waals surface area contributed by atoms with Crippen LogP contribution in [0.1, 0.15) is 59.0 Å². The van der Waals surface area contributed by atoms with Gasteiger partial charge in [0.25, 0.3) is 5.91 Å². The Morgan fingerprint density at radius 3 is 2.50 bits per heavy atom. The second-order valence-corrected chi connectivity index (χ2v) is 7.37. The van der Waals surface area contributed by atoms with Crippen molar-refractivity contribution < 1.29 is 18.0 Å². The molecular formula is C23H21F2NO2. The fraction of sp³-hybridized carbons (Fsp3) is 0.261. The van der Waals surface area contributed by atoms with E-state index in [-0.39, 0.29) is 11.3 Å². The molecule has 1 aliphatic rings. The third-order valence-corrected chi connectivity index (χ3v) is 5.20. The minimum absolute atomic E-state index is 0.0358. The van der Waals surface area contributed by atoms with Crippen molar-refractivity contribution in [1.29, 1.82) is 0 Å². The quantitative estimate of drug-likeness (QED) is 0.598. The van der Waals surface area contributed by atoms with Crippen molar-refractivity contribution in [2.24, 2.45) is 0 Å². The third-order valence-electron chi connectivity index (χ3n) is 5.20. The normalized spacial score (nSPS) is 14.7. The first kappa shape index (κ1) is 18.4. The topological polar surface area (TPSA) is 42.2 Å². The van der Waals surface area contributed by atoms with Gasteiger partial charge in [-0.05, 0) is 74.1 Å².